The second-order valence-corrected chi connectivity index (χ2v) is 6.21. The summed E-state index contributed by atoms with van der Waals surface area (Å²) in [6, 6.07) is 13.8. The summed E-state index contributed by atoms with van der Waals surface area (Å²) in [7, 11) is 0. The summed E-state index contributed by atoms with van der Waals surface area (Å²) in [5, 5.41) is 4.00. The number of hydrogen-bond donors (Lipinski definition) is 0. The van der Waals surface area contributed by atoms with Gasteiger partial charge in [0.2, 0.25) is 5.91 Å². The van der Waals surface area contributed by atoms with E-state index in [1.54, 1.807) is 17.0 Å². The zero-order valence-corrected chi connectivity index (χ0v) is 13.6. The summed E-state index contributed by atoms with van der Waals surface area (Å²) < 4.78 is 18.6. The zero-order valence-electron chi connectivity index (χ0n) is 13.6. The number of hydrogen-bond acceptors (Lipinski definition) is 4. The third-order valence-electron chi connectivity index (χ3n) is 4.32. The maximum atomic E-state index is 13.3. The van der Waals surface area contributed by atoms with Crippen LogP contribution in [-0.2, 0) is 4.79 Å². The van der Waals surface area contributed by atoms with Gasteiger partial charge in [0.25, 0.3) is 5.89 Å². The van der Waals surface area contributed by atoms with Crippen molar-refractivity contribution >= 4 is 11.6 Å². The van der Waals surface area contributed by atoms with Gasteiger partial charge in [-0.1, -0.05) is 23.4 Å². The van der Waals surface area contributed by atoms with Crippen molar-refractivity contribution in [3.05, 3.63) is 65.7 Å². The van der Waals surface area contributed by atoms with Crippen LogP contribution in [0.1, 0.15) is 23.7 Å². The minimum Gasteiger partial charge on any atom is -0.334 e. The van der Waals surface area contributed by atoms with Gasteiger partial charge in [0.05, 0.1) is 0 Å². The monoisotopic (exact) mass is 337 g/mol. The first-order chi connectivity index (χ1) is 12.1. The van der Waals surface area contributed by atoms with Gasteiger partial charge >= 0.3 is 0 Å². The Kier molecular flexibility index (Phi) is 3.80. The van der Waals surface area contributed by atoms with Gasteiger partial charge in [-0.15, -0.1) is 0 Å². The molecule has 5 nitrogen and oxygen atoms in total. The van der Waals surface area contributed by atoms with Crippen LogP contribution in [0.4, 0.5) is 10.1 Å². The molecule has 1 aliphatic rings. The number of anilines is 1. The van der Waals surface area contributed by atoms with E-state index in [4.69, 9.17) is 4.52 Å². The van der Waals surface area contributed by atoms with Gasteiger partial charge in [0.1, 0.15) is 5.82 Å². The summed E-state index contributed by atoms with van der Waals surface area (Å²) in [4.78, 5) is 18.5. The lowest BCUT2D eigenvalue weighted by Gasteiger charge is -2.16. The number of carbonyl (C=O) groups excluding carboxylic acids is 1. The summed E-state index contributed by atoms with van der Waals surface area (Å²) >= 11 is 0. The van der Waals surface area contributed by atoms with Crippen LogP contribution in [0.2, 0.25) is 0 Å². The summed E-state index contributed by atoms with van der Waals surface area (Å²) in [5.41, 5.74) is 2.50. The van der Waals surface area contributed by atoms with E-state index in [2.05, 4.69) is 10.1 Å². The number of nitrogens with zero attached hydrogens (tertiary/aromatic N) is 3. The number of aromatic nitrogens is 2. The van der Waals surface area contributed by atoms with Crippen molar-refractivity contribution < 1.29 is 13.7 Å². The molecule has 0 saturated carbocycles. The zero-order chi connectivity index (χ0) is 17.4. The fourth-order valence-electron chi connectivity index (χ4n) is 3.07. The van der Waals surface area contributed by atoms with Crippen molar-refractivity contribution in [1.29, 1.82) is 0 Å². The van der Waals surface area contributed by atoms with Gasteiger partial charge < -0.3 is 9.42 Å². The fourth-order valence-corrected chi connectivity index (χ4v) is 3.07. The lowest BCUT2D eigenvalue weighted by molar-refractivity contribution is -0.117. The molecule has 0 bridgehead atoms. The van der Waals surface area contributed by atoms with Gasteiger partial charge in [-0.2, -0.15) is 4.98 Å². The Morgan fingerprint density at radius 1 is 1.20 bits per heavy atom. The molecule has 4 rings (SSSR count). The quantitative estimate of drug-likeness (QED) is 0.731. The average Bonchev–Trinajstić information content (AvgIpc) is 3.21. The van der Waals surface area contributed by atoms with E-state index < -0.39 is 0 Å². The van der Waals surface area contributed by atoms with Crippen molar-refractivity contribution in [2.45, 2.75) is 19.3 Å². The molecule has 0 spiro atoms. The second-order valence-electron chi connectivity index (χ2n) is 6.21. The van der Waals surface area contributed by atoms with Crippen molar-refractivity contribution in [3.63, 3.8) is 0 Å². The summed E-state index contributed by atoms with van der Waals surface area (Å²) in [5.74, 6) is 0.268. The number of aryl methyl sites for hydroxylation is 1. The standard InChI is InChI=1S/C19H16FN3O2/c1-12-4-2-7-16(8-12)23-11-14(10-17(23)24)18-21-19(25-22-18)13-5-3-6-15(20)9-13/h2-9,14H,10-11H2,1H3. The molecular weight excluding hydrogens is 321 g/mol. The van der Waals surface area contributed by atoms with Crippen LogP contribution in [-0.4, -0.2) is 22.6 Å². The maximum absolute atomic E-state index is 13.3. The molecule has 2 heterocycles. The van der Waals surface area contributed by atoms with Gasteiger partial charge in [0.15, 0.2) is 5.82 Å². The highest BCUT2D eigenvalue weighted by molar-refractivity contribution is 5.96. The Bertz CT molecular complexity index is 938. The van der Waals surface area contributed by atoms with Gasteiger partial charge in [0, 0.05) is 30.1 Å². The highest BCUT2D eigenvalue weighted by atomic mass is 19.1. The lowest BCUT2D eigenvalue weighted by atomic mass is 10.1. The van der Waals surface area contributed by atoms with Gasteiger partial charge in [-0.3, -0.25) is 4.79 Å². The molecule has 0 N–H and O–H groups in total. The molecular formula is C19H16FN3O2. The SMILES string of the molecule is Cc1cccc(N2CC(c3noc(-c4cccc(F)c4)n3)CC2=O)c1. The lowest BCUT2D eigenvalue weighted by Crippen LogP contribution is -2.24. The highest BCUT2D eigenvalue weighted by Gasteiger charge is 2.34. The molecule has 1 unspecified atom stereocenters. The molecule has 25 heavy (non-hydrogen) atoms. The maximum Gasteiger partial charge on any atom is 0.258 e. The fraction of sp³-hybridized carbons (Fsp3) is 0.211. The topological polar surface area (TPSA) is 59.2 Å². The van der Waals surface area contributed by atoms with E-state index in [0.717, 1.165) is 11.3 Å². The highest BCUT2D eigenvalue weighted by Crippen LogP contribution is 2.31. The summed E-state index contributed by atoms with van der Waals surface area (Å²) in [6.45, 7) is 2.50. The first kappa shape index (κ1) is 15.5. The normalized spacial score (nSPS) is 17.3. The Hall–Kier alpha value is -3.02. The van der Waals surface area contributed by atoms with Crippen LogP contribution >= 0.6 is 0 Å². The van der Waals surface area contributed by atoms with E-state index in [-0.39, 0.29) is 23.5 Å². The third-order valence-corrected chi connectivity index (χ3v) is 4.32. The van der Waals surface area contributed by atoms with Crippen LogP contribution < -0.4 is 4.90 Å². The molecule has 1 amide bonds. The molecule has 1 saturated heterocycles. The van der Waals surface area contributed by atoms with Crippen molar-refractivity contribution in [1.82, 2.24) is 10.1 Å². The average molecular weight is 337 g/mol. The van der Waals surface area contributed by atoms with E-state index in [1.165, 1.54) is 12.1 Å². The number of amides is 1. The van der Waals surface area contributed by atoms with E-state index >= 15 is 0 Å². The van der Waals surface area contributed by atoms with Crippen LogP contribution in [0.3, 0.4) is 0 Å². The molecule has 0 aliphatic carbocycles. The Balaban J connectivity index is 1.57. The molecule has 2 aromatic carbocycles. The second kappa shape index (κ2) is 6.12. The van der Waals surface area contributed by atoms with E-state index in [0.29, 0.717) is 24.4 Å². The minimum absolute atomic E-state index is 0.0349. The smallest absolute Gasteiger partial charge is 0.258 e. The Morgan fingerprint density at radius 3 is 2.84 bits per heavy atom. The Morgan fingerprint density at radius 2 is 2.04 bits per heavy atom. The minimum atomic E-state index is -0.362. The van der Waals surface area contributed by atoms with Crippen molar-refractivity contribution in [2.24, 2.45) is 0 Å². The third kappa shape index (κ3) is 3.03. The summed E-state index contributed by atoms with van der Waals surface area (Å²) in [6.07, 6.45) is 0.329. The van der Waals surface area contributed by atoms with Crippen LogP contribution in [0.5, 0.6) is 0 Å². The number of halogens is 1. The molecule has 1 fully saturated rings. The van der Waals surface area contributed by atoms with Crippen LogP contribution in [0.15, 0.2) is 53.1 Å². The predicted molar refractivity (Wildman–Crippen MR) is 90.6 cm³/mol. The number of rotatable bonds is 3. The van der Waals surface area contributed by atoms with Gasteiger partial charge in [-0.25, -0.2) is 4.39 Å². The Labute approximate surface area is 144 Å². The van der Waals surface area contributed by atoms with Gasteiger partial charge in [-0.05, 0) is 42.8 Å². The predicted octanol–water partition coefficient (Wildman–Crippen LogP) is 3.70. The first-order valence-corrected chi connectivity index (χ1v) is 8.07. The van der Waals surface area contributed by atoms with E-state index in [1.807, 2.05) is 31.2 Å². The van der Waals surface area contributed by atoms with E-state index in [9.17, 15) is 9.18 Å². The molecule has 0 radical (unpaired) electrons. The number of benzene rings is 2. The van der Waals surface area contributed by atoms with Crippen LogP contribution in [0, 0.1) is 12.7 Å². The first-order valence-electron chi connectivity index (χ1n) is 8.07. The molecule has 126 valence electrons. The molecule has 6 heteroatoms. The molecule has 3 aromatic rings. The van der Waals surface area contributed by atoms with Crippen LogP contribution in [0.25, 0.3) is 11.5 Å². The molecule has 1 aliphatic heterocycles. The van der Waals surface area contributed by atoms with Crippen molar-refractivity contribution in [3.8, 4) is 11.5 Å². The largest absolute Gasteiger partial charge is 0.334 e. The molecule has 1 atom stereocenters. The number of carbonyl (C=O) groups is 1. The van der Waals surface area contributed by atoms with Crippen molar-refractivity contribution in [2.75, 3.05) is 11.4 Å². The molecule has 1 aromatic heterocycles.